The van der Waals surface area contributed by atoms with Crippen LogP contribution in [0, 0.1) is 0 Å². The molecule has 1 N–H and O–H groups in total. The summed E-state index contributed by atoms with van der Waals surface area (Å²) < 4.78 is 6.91. The van der Waals surface area contributed by atoms with Crippen LogP contribution in [0.2, 0.25) is 5.02 Å². The van der Waals surface area contributed by atoms with Crippen LogP contribution in [0.3, 0.4) is 0 Å². The summed E-state index contributed by atoms with van der Waals surface area (Å²) >= 11 is 6.45. The zero-order valence-electron chi connectivity index (χ0n) is 16.6. The molecule has 156 valence electrons. The fraction of sp³-hybridized carbons (Fsp3) is 0.250. The molecule has 8 nitrogen and oxygen atoms in total. The maximum absolute atomic E-state index is 12.3. The lowest BCUT2D eigenvalue weighted by Gasteiger charge is -2.10. The van der Waals surface area contributed by atoms with Crippen molar-refractivity contribution in [2.45, 2.75) is 32.7 Å². The quantitative estimate of drug-likeness (QED) is 0.506. The number of fused-ring (bicyclic) bond motifs is 1. The van der Waals surface area contributed by atoms with E-state index in [1.54, 1.807) is 4.52 Å². The van der Waals surface area contributed by atoms with Gasteiger partial charge in [-0.25, -0.2) is 9.50 Å². The molecule has 0 aliphatic rings. The number of halogens is 2. The monoisotopic (exact) mass is 446 g/mol. The Hall–Kier alpha value is -2.97. The average Bonchev–Trinajstić information content (AvgIpc) is 3.35. The molecule has 0 spiro atoms. The van der Waals surface area contributed by atoms with E-state index in [4.69, 9.17) is 16.1 Å². The second-order valence-corrected chi connectivity index (χ2v) is 8.02. The van der Waals surface area contributed by atoms with Gasteiger partial charge in [-0.1, -0.05) is 49.7 Å². The average molecular weight is 447 g/mol. The normalized spacial score (nSPS) is 11.3. The fourth-order valence-electron chi connectivity index (χ4n) is 2.80. The first-order chi connectivity index (χ1) is 13.8. The number of aromatic nitrogens is 5. The summed E-state index contributed by atoms with van der Waals surface area (Å²) in [4.78, 5) is 20.8. The van der Waals surface area contributed by atoms with Crippen molar-refractivity contribution in [1.82, 2.24) is 30.1 Å². The lowest BCUT2D eigenvalue weighted by molar-refractivity contribution is 0.0937. The van der Waals surface area contributed by atoms with Gasteiger partial charge < -0.3 is 9.84 Å². The maximum Gasteiger partial charge on any atom is 0.292 e. The molecule has 0 aliphatic carbocycles. The van der Waals surface area contributed by atoms with Gasteiger partial charge in [-0.05, 0) is 23.8 Å². The second-order valence-electron chi connectivity index (χ2n) is 7.61. The largest absolute Gasteiger partial charge is 0.345 e. The number of rotatable bonds is 4. The zero-order valence-corrected chi connectivity index (χ0v) is 18.2. The molecule has 4 aromatic rings. The fourth-order valence-corrected chi connectivity index (χ4v) is 3.05. The van der Waals surface area contributed by atoms with Gasteiger partial charge in [0.05, 0.1) is 11.2 Å². The van der Waals surface area contributed by atoms with Crippen LogP contribution in [-0.4, -0.2) is 30.6 Å². The molecule has 0 atom stereocenters. The molecule has 10 heteroatoms. The van der Waals surface area contributed by atoms with Crippen molar-refractivity contribution < 1.29 is 9.32 Å². The SMILES string of the molecule is CC(C)(C)c1nc(C(=O)NCc2ccc(-c3ncnn4cccc34)cc2Cl)no1.Cl. The summed E-state index contributed by atoms with van der Waals surface area (Å²) in [6, 6.07) is 9.44. The van der Waals surface area contributed by atoms with Crippen LogP contribution in [0.4, 0.5) is 0 Å². The van der Waals surface area contributed by atoms with Crippen LogP contribution < -0.4 is 5.32 Å². The van der Waals surface area contributed by atoms with Crippen LogP contribution in [0.1, 0.15) is 42.8 Å². The van der Waals surface area contributed by atoms with E-state index >= 15 is 0 Å². The van der Waals surface area contributed by atoms with E-state index in [1.165, 1.54) is 6.33 Å². The molecule has 30 heavy (non-hydrogen) atoms. The van der Waals surface area contributed by atoms with Gasteiger partial charge in [0.25, 0.3) is 11.7 Å². The van der Waals surface area contributed by atoms with Crippen molar-refractivity contribution in [2.75, 3.05) is 0 Å². The molecule has 1 aromatic carbocycles. The number of hydrogen-bond acceptors (Lipinski definition) is 6. The van der Waals surface area contributed by atoms with Gasteiger partial charge in [0, 0.05) is 28.7 Å². The number of benzene rings is 1. The third kappa shape index (κ3) is 4.29. The van der Waals surface area contributed by atoms with E-state index in [0.717, 1.165) is 22.3 Å². The van der Waals surface area contributed by atoms with Crippen LogP contribution in [-0.2, 0) is 12.0 Å². The molecule has 0 bridgehead atoms. The first kappa shape index (κ1) is 21.7. The molecule has 3 aromatic heterocycles. The molecule has 1 amide bonds. The summed E-state index contributed by atoms with van der Waals surface area (Å²) in [7, 11) is 0. The van der Waals surface area contributed by atoms with Crippen molar-refractivity contribution in [3.8, 4) is 11.3 Å². The van der Waals surface area contributed by atoms with Crippen molar-refractivity contribution >= 4 is 35.4 Å². The Bertz CT molecular complexity index is 1200. The highest BCUT2D eigenvalue weighted by Crippen LogP contribution is 2.27. The Labute approximate surface area is 184 Å². The Morgan fingerprint density at radius 2 is 2.07 bits per heavy atom. The highest BCUT2D eigenvalue weighted by molar-refractivity contribution is 6.31. The molecule has 0 unspecified atom stereocenters. The number of nitrogens with zero attached hydrogens (tertiary/aromatic N) is 5. The van der Waals surface area contributed by atoms with Gasteiger partial charge >= 0.3 is 0 Å². The van der Waals surface area contributed by atoms with Gasteiger partial charge in [0.15, 0.2) is 0 Å². The minimum atomic E-state index is -0.421. The van der Waals surface area contributed by atoms with Gasteiger partial charge in [-0.15, -0.1) is 12.4 Å². The highest BCUT2D eigenvalue weighted by Gasteiger charge is 2.24. The van der Waals surface area contributed by atoms with Gasteiger partial charge in [-0.2, -0.15) is 10.1 Å². The molecular weight excluding hydrogens is 427 g/mol. The standard InChI is InChI=1S/C20H19ClN6O2.ClH/c1-20(2,3)19-25-17(26-29-19)18(28)22-10-13-7-6-12(9-14(13)21)16-15-5-4-8-27(15)24-11-23-16;/h4-9,11H,10H2,1-3H3,(H,22,28);1H. The second kappa shape index (κ2) is 8.41. The molecule has 0 fully saturated rings. The van der Waals surface area contributed by atoms with E-state index in [1.807, 2.05) is 57.3 Å². The Balaban J connectivity index is 0.00000256. The summed E-state index contributed by atoms with van der Waals surface area (Å²) in [6.45, 7) is 6.04. The molecule has 0 aliphatic heterocycles. The molecule has 0 saturated carbocycles. The predicted molar refractivity (Wildman–Crippen MR) is 115 cm³/mol. The Morgan fingerprint density at radius 3 is 2.77 bits per heavy atom. The van der Waals surface area contributed by atoms with Crippen molar-refractivity contribution in [3.05, 3.63) is 65.2 Å². The van der Waals surface area contributed by atoms with Gasteiger partial charge in [0.2, 0.25) is 5.89 Å². The smallest absolute Gasteiger partial charge is 0.292 e. The summed E-state index contributed by atoms with van der Waals surface area (Å²) in [6.07, 6.45) is 3.36. The number of carbonyl (C=O) groups is 1. The van der Waals surface area contributed by atoms with Crippen LogP contribution in [0.15, 0.2) is 47.4 Å². The zero-order chi connectivity index (χ0) is 20.6. The summed E-state index contributed by atoms with van der Waals surface area (Å²) in [5.41, 5.74) is 2.98. The highest BCUT2D eigenvalue weighted by atomic mass is 35.5. The van der Waals surface area contributed by atoms with Crippen molar-refractivity contribution in [2.24, 2.45) is 0 Å². The van der Waals surface area contributed by atoms with E-state index in [9.17, 15) is 4.79 Å². The number of nitrogens with one attached hydrogen (secondary N) is 1. The maximum atomic E-state index is 12.3. The summed E-state index contributed by atoms with van der Waals surface area (Å²) in [5.74, 6) is -0.0130. The van der Waals surface area contributed by atoms with E-state index < -0.39 is 5.91 Å². The van der Waals surface area contributed by atoms with Crippen LogP contribution in [0.5, 0.6) is 0 Å². The first-order valence-corrected chi connectivity index (χ1v) is 9.40. The number of amides is 1. The van der Waals surface area contributed by atoms with Crippen LogP contribution in [0.25, 0.3) is 16.8 Å². The third-order valence-corrected chi connectivity index (χ3v) is 4.72. The number of hydrogen-bond donors (Lipinski definition) is 1. The molecule has 3 heterocycles. The Kier molecular flexibility index (Phi) is 6.09. The van der Waals surface area contributed by atoms with Crippen LogP contribution >= 0.6 is 24.0 Å². The lowest BCUT2D eigenvalue weighted by atomic mass is 9.97. The van der Waals surface area contributed by atoms with Gasteiger partial charge in [-0.3, -0.25) is 4.79 Å². The van der Waals surface area contributed by atoms with Gasteiger partial charge in [0.1, 0.15) is 6.33 Å². The molecule has 0 radical (unpaired) electrons. The summed E-state index contributed by atoms with van der Waals surface area (Å²) in [5, 5.41) is 11.2. The molecule has 0 saturated heterocycles. The minimum Gasteiger partial charge on any atom is -0.345 e. The van der Waals surface area contributed by atoms with Crippen molar-refractivity contribution in [1.29, 1.82) is 0 Å². The lowest BCUT2D eigenvalue weighted by Crippen LogP contribution is -2.24. The van der Waals surface area contributed by atoms with E-state index in [0.29, 0.717) is 10.9 Å². The first-order valence-electron chi connectivity index (χ1n) is 9.02. The Morgan fingerprint density at radius 1 is 1.27 bits per heavy atom. The predicted octanol–water partition coefficient (Wildman–Crippen LogP) is 4.08. The minimum absolute atomic E-state index is 0. The topological polar surface area (TPSA) is 98.2 Å². The van der Waals surface area contributed by atoms with Crippen molar-refractivity contribution in [3.63, 3.8) is 0 Å². The number of carbonyl (C=O) groups excluding carboxylic acids is 1. The molecule has 4 rings (SSSR count). The molecular formula is C20H20Cl2N6O2. The van der Waals surface area contributed by atoms with E-state index in [-0.39, 0.29) is 30.2 Å². The third-order valence-electron chi connectivity index (χ3n) is 4.37. The van der Waals surface area contributed by atoms with E-state index in [2.05, 4.69) is 25.5 Å².